The smallest absolute Gasteiger partial charge is 0.272 e. The fourth-order valence-electron chi connectivity index (χ4n) is 3.71. The summed E-state index contributed by atoms with van der Waals surface area (Å²) in [5.41, 5.74) is 25.4. The molecule has 6 N–H and O–H groups in total. The van der Waals surface area contributed by atoms with Gasteiger partial charge < -0.3 is 17.2 Å². The van der Waals surface area contributed by atoms with E-state index in [1.807, 2.05) is 63.2 Å². The predicted molar refractivity (Wildman–Crippen MR) is 165 cm³/mol. The molecule has 0 radical (unpaired) electrons. The van der Waals surface area contributed by atoms with E-state index >= 15 is 0 Å². The van der Waals surface area contributed by atoms with Gasteiger partial charge in [-0.2, -0.15) is 0 Å². The Bertz CT molecular complexity index is 1590. The van der Waals surface area contributed by atoms with Crippen LogP contribution < -0.4 is 17.2 Å². The van der Waals surface area contributed by atoms with Gasteiger partial charge >= 0.3 is 0 Å². The molecule has 0 saturated carbocycles. The van der Waals surface area contributed by atoms with Crippen molar-refractivity contribution in [1.29, 1.82) is 0 Å². The summed E-state index contributed by atoms with van der Waals surface area (Å²) in [6.07, 6.45) is 5.23. The Labute approximate surface area is 241 Å². The molecule has 10 heteroatoms. The normalized spacial score (nSPS) is 10.0. The average Bonchev–Trinajstić information content (AvgIpc) is 2.88. The maximum atomic E-state index is 10.7. The molecular weight excluding hydrogens is 570 g/mol. The monoisotopic (exact) mass is 599 g/mol. The molecule has 204 valence electrons. The number of hydrogen-bond acceptors (Lipinski definition) is 8. The largest absolute Gasteiger partial charge is 0.399 e. The topological polar surface area (TPSA) is 160 Å². The van der Waals surface area contributed by atoms with Crippen LogP contribution in [-0.2, 0) is 0 Å². The summed E-state index contributed by atoms with van der Waals surface area (Å²) in [7, 11) is 0. The molecule has 3 heterocycles. The Hall–Kier alpha value is -4.83. The second kappa shape index (κ2) is 13.8. The number of hydrogen-bond donors (Lipinski definition) is 3. The molecule has 0 fully saturated rings. The van der Waals surface area contributed by atoms with Crippen LogP contribution in [0.4, 0.5) is 22.7 Å². The highest BCUT2D eigenvalue weighted by Gasteiger charge is 2.10. The van der Waals surface area contributed by atoms with Crippen LogP contribution in [0.3, 0.4) is 0 Å². The van der Waals surface area contributed by atoms with Gasteiger partial charge in [0.05, 0.1) is 4.92 Å². The van der Waals surface area contributed by atoms with Gasteiger partial charge in [-0.25, -0.2) is 0 Å². The number of aryl methyl sites for hydroxylation is 3. The molecule has 0 amide bonds. The SMILES string of the molecule is Cc1cc(-c2cc(N)cc(N)c2)ccn1.Cc1cc(-c2cc(N)cc([N+](=O)[O-])c2)ccn1.Cc1cc(Br)ccn1. The van der Waals surface area contributed by atoms with E-state index in [1.165, 1.54) is 12.1 Å². The van der Waals surface area contributed by atoms with E-state index in [0.29, 0.717) is 17.1 Å². The summed E-state index contributed by atoms with van der Waals surface area (Å²) in [6.45, 7) is 5.79. The number of nitrogens with zero attached hydrogens (tertiary/aromatic N) is 4. The molecule has 0 spiro atoms. The van der Waals surface area contributed by atoms with E-state index in [0.717, 1.165) is 43.8 Å². The van der Waals surface area contributed by atoms with Crippen molar-refractivity contribution in [2.45, 2.75) is 20.8 Å². The summed E-state index contributed by atoms with van der Waals surface area (Å²) in [6, 6.07) is 21.6. The van der Waals surface area contributed by atoms with Gasteiger partial charge in [0.15, 0.2) is 0 Å². The van der Waals surface area contributed by atoms with Gasteiger partial charge in [0.2, 0.25) is 0 Å². The molecule has 9 nitrogen and oxygen atoms in total. The Morgan fingerprint density at radius 1 is 0.600 bits per heavy atom. The number of nitrogens with two attached hydrogens (primary N) is 3. The average molecular weight is 601 g/mol. The number of pyridine rings is 3. The molecular formula is C30H30BrN7O2. The summed E-state index contributed by atoms with van der Waals surface area (Å²) < 4.78 is 1.09. The van der Waals surface area contributed by atoms with E-state index in [-0.39, 0.29) is 5.69 Å². The quantitative estimate of drug-likeness (QED) is 0.114. The zero-order chi connectivity index (χ0) is 29.2. The zero-order valence-electron chi connectivity index (χ0n) is 22.4. The number of aromatic nitrogens is 3. The van der Waals surface area contributed by atoms with Crippen molar-refractivity contribution in [2.75, 3.05) is 17.2 Å². The third kappa shape index (κ3) is 9.17. The number of benzene rings is 2. The first-order valence-corrected chi connectivity index (χ1v) is 12.9. The zero-order valence-corrected chi connectivity index (χ0v) is 24.0. The van der Waals surface area contributed by atoms with Gasteiger partial charge in [-0.15, -0.1) is 0 Å². The molecule has 40 heavy (non-hydrogen) atoms. The minimum absolute atomic E-state index is 0.00512. The van der Waals surface area contributed by atoms with Crippen molar-refractivity contribution in [1.82, 2.24) is 15.0 Å². The van der Waals surface area contributed by atoms with Gasteiger partial charge in [0.25, 0.3) is 5.69 Å². The summed E-state index contributed by atoms with van der Waals surface area (Å²) >= 11 is 3.32. The van der Waals surface area contributed by atoms with Crippen LogP contribution in [-0.4, -0.2) is 19.9 Å². The number of nitro benzene ring substituents is 1. The maximum absolute atomic E-state index is 10.7. The molecule has 0 bridgehead atoms. The van der Waals surface area contributed by atoms with Crippen LogP contribution in [0, 0.1) is 30.9 Å². The lowest BCUT2D eigenvalue weighted by Crippen LogP contribution is -1.93. The van der Waals surface area contributed by atoms with Crippen molar-refractivity contribution < 1.29 is 4.92 Å². The molecule has 0 aliphatic rings. The molecule has 0 unspecified atom stereocenters. The summed E-state index contributed by atoms with van der Waals surface area (Å²) in [5.74, 6) is 0. The fraction of sp³-hybridized carbons (Fsp3) is 0.100. The Kier molecular flexibility index (Phi) is 10.3. The van der Waals surface area contributed by atoms with Crippen LogP contribution in [0.1, 0.15) is 17.1 Å². The Morgan fingerprint density at radius 3 is 1.43 bits per heavy atom. The number of nitro groups is 1. The highest BCUT2D eigenvalue weighted by Crippen LogP contribution is 2.27. The molecule has 0 saturated heterocycles. The van der Waals surface area contributed by atoms with Gasteiger partial charge in [-0.1, -0.05) is 15.9 Å². The molecule has 2 aromatic carbocycles. The van der Waals surface area contributed by atoms with Crippen molar-refractivity contribution in [3.05, 3.63) is 123 Å². The third-order valence-corrected chi connectivity index (χ3v) is 5.94. The van der Waals surface area contributed by atoms with E-state index < -0.39 is 4.92 Å². The van der Waals surface area contributed by atoms with Crippen LogP contribution in [0.15, 0.2) is 95.9 Å². The molecule has 0 atom stereocenters. The number of halogens is 1. The second-order valence-electron chi connectivity index (χ2n) is 8.95. The summed E-state index contributed by atoms with van der Waals surface area (Å²) in [5, 5.41) is 10.7. The second-order valence-corrected chi connectivity index (χ2v) is 9.86. The minimum Gasteiger partial charge on any atom is -0.399 e. The lowest BCUT2D eigenvalue weighted by atomic mass is 10.0. The molecule has 0 aliphatic carbocycles. The lowest BCUT2D eigenvalue weighted by molar-refractivity contribution is -0.384. The Morgan fingerprint density at radius 2 is 1.02 bits per heavy atom. The fourth-order valence-corrected chi connectivity index (χ4v) is 4.16. The van der Waals surface area contributed by atoms with E-state index in [9.17, 15) is 10.1 Å². The standard InChI is InChI=1S/C12H11N3O2.C12H13N3.C6H6BrN/c1-8-4-9(2-3-14-8)10-5-11(13)7-12(6-10)15(16)17;1-8-4-9(2-3-15-8)10-5-11(13)7-12(14)6-10;1-5-4-6(7)2-3-8-5/h2-7H,13H2,1H3;2-7H,13-14H2,1H3;2-4H,1H3. The van der Waals surface area contributed by atoms with Crippen molar-refractivity contribution >= 4 is 38.7 Å². The van der Waals surface area contributed by atoms with Gasteiger partial charge in [0.1, 0.15) is 0 Å². The third-order valence-electron chi connectivity index (χ3n) is 5.45. The lowest BCUT2D eigenvalue weighted by Gasteiger charge is -2.05. The van der Waals surface area contributed by atoms with Crippen molar-refractivity contribution in [3.8, 4) is 22.3 Å². The van der Waals surface area contributed by atoms with Crippen LogP contribution in [0.25, 0.3) is 22.3 Å². The van der Waals surface area contributed by atoms with Crippen LogP contribution >= 0.6 is 15.9 Å². The maximum Gasteiger partial charge on any atom is 0.272 e. The molecule has 0 aliphatic heterocycles. The number of rotatable bonds is 3. The summed E-state index contributed by atoms with van der Waals surface area (Å²) in [4.78, 5) is 22.5. The first kappa shape index (κ1) is 29.7. The van der Waals surface area contributed by atoms with Crippen LogP contribution in [0.2, 0.25) is 0 Å². The highest BCUT2D eigenvalue weighted by molar-refractivity contribution is 9.10. The van der Waals surface area contributed by atoms with Gasteiger partial charge in [-0.05, 0) is 104 Å². The van der Waals surface area contributed by atoms with E-state index in [2.05, 4.69) is 30.9 Å². The first-order valence-electron chi connectivity index (χ1n) is 12.2. The number of anilines is 3. The van der Waals surface area contributed by atoms with Crippen molar-refractivity contribution in [3.63, 3.8) is 0 Å². The first-order chi connectivity index (χ1) is 19.0. The van der Waals surface area contributed by atoms with Crippen molar-refractivity contribution in [2.24, 2.45) is 0 Å². The molecule has 5 aromatic rings. The highest BCUT2D eigenvalue weighted by atomic mass is 79.9. The number of non-ortho nitro benzene ring substituents is 1. The van der Waals surface area contributed by atoms with Gasteiger partial charge in [0, 0.05) is 69.3 Å². The minimum atomic E-state index is -0.450. The van der Waals surface area contributed by atoms with E-state index in [1.54, 1.807) is 36.8 Å². The molecule has 3 aromatic heterocycles. The number of nitrogen functional groups attached to an aromatic ring is 3. The Balaban J connectivity index is 0.000000176. The van der Waals surface area contributed by atoms with Crippen LogP contribution in [0.5, 0.6) is 0 Å². The molecule has 5 rings (SSSR count). The van der Waals surface area contributed by atoms with Gasteiger partial charge in [-0.3, -0.25) is 25.1 Å². The van der Waals surface area contributed by atoms with E-state index in [4.69, 9.17) is 17.2 Å². The predicted octanol–water partition coefficient (Wildman–Crippen LogP) is 6.92.